The number of hydrogen-bond donors (Lipinski definition) is 3. The summed E-state index contributed by atoms with van der Waals surface area (Å²) in [6.07, 6.45) is -0.226. The average Bonchev–Trinajstić information content (AvgIpc) is 2.43. The number of benzene rings is 1. The van der Waals surface area contributed by atoms with Gasteiger partial charge in [0, 0.05) is 12.2 Å². The van der Waals surface area contributed by atoms with Crippen molar-refractivity contribution in [2.45, 2.75) is 19.4 Å². The number of nitrogens with one attached hydrogen (secondary N) is 1. The van der Waals surface area contributed by atoms with E-state index in [0.29, 0.717) is 5.69 Å². The van der Waals surface area contributed by atoms with Gasteiger partial charge >= 0.3 is 11.9 Å². The molecule has 21 heavy (non-hydrogen) atoms. The SMILES string of the molecule is CC(C(=O)Nc1ccccc1)N(CCC(=O)O)CC(=O)O. The summed E-state index contributed by atoms with van der Waals surface area (Å²) < 4.78 is 0. The van der Waals surface area contributed by atoms with E-state index in [1.165, 1.54) is 4.90 Å². The average molecular weight is 294 g/mol. The minimum absolute atomic E-state index is 0.00892. The molecular formula is C14H18N2O5. The lowest BCUT2D eigenvalue weighted by Crippen LogP contribution is -2.45. The van der Waals surface area contributed by atoms with E-state index in [9.17, 15) is 14.4 Å². The molecule has 0 aliphatic heterocycles. The molecule has 1 aromatic rings. The maximum atomic E-state index is 12.1. The summed E-state index contributed by atoms with van der Waals surface area (Å²) in [5.41, 5.74) is 0.600. The number of amides is 1. The summed E-state index contributed by atoms with van der Waals surface area (Å²) in [7, 11) is 0. The van der Waals surface area contributed by atoms with Crippen molar-refractivity contribution in [3.05, 3.63) is 30.3 Å². The van der Waals surface area contributed by atoms with Gasteiger partial charge in [-0.25, -0.2) is 0 Å². The Morgan fingerprint density at radius 2 is 1.76 bits per heavy atom. The Hall–Kier alpha value is -2.41. The van der Waals surface area contributed by atoms with Crippen molar-refractivity contribution in [2.75, 3.05) is 18.4 Å². The maximum absolute atomic E-state index is 12.1. The first kappa shape index (κ1) is 16.6. The highest BCUT2D eigenvalue weighted by molar-refractivity contribution is 5.94. The lowest BCUT2D eigenvalue weighted by Gasteiger charge is -2.26. The summed E-state index contributed by atoms with van der Waals surface area (Å²) in [6.45, 7) is 1.14. The predicted molar refractivity (Wildman–Crippen MR) is 76.0 cm³/mol. The molecule has 7 nitrogen and oxygen atoms in total. The zero-order valence-corrected chi connectivity index (χ0v) is 11.7. The Bertz CT molecular complexity index is 503. The van der Waals surface area contributed by atoms with Crippen LogP contribution in [0.1, 0.15) is 13.3 Å². The van der Waals surface area contributed by atoms with Crippen LogP contribution in [0, 0.1) is 0 Å². The van der Waals surface area contributed by atoms with Gasteiger partial charge in [-0.1, -0.05) is 18.2 Å². The van der Waals surface area contributed by atoms with E-state index < -0.39 is 24.5 Å². The molecule has 1 rings (SSSR count). The molecular weight excluding hydrogens is 276 g/mol. The third-order valence-electron chi connectivity index (χ3n) is 2.92. The van der Waals surface area contributed by atoms with Crippen molar-refractivity contribution in [3.8, 4) is 0 Å². The summed E-state index contributed by atoms with van der Waals surface area (Å²) >= 11 is 0. The second-order valence-electron chi connectivity index (χ2n) is 4.54. The molecule has 0 radical (unpaired) electrons. The predicted octanol–water partition coefficient (Wildman–Crippen LogP) is 0.875. The first-order valence-electron chi connectivity index (χ1n) is 6.43. The smallest absolute Gasteiger partial charge is 0.317 e. The molecule has 0 saturated heterocycles. The number of hydrogen-bond acceptors (Lipinski definition) is 4. The molecule has 1 unspecified atom stereocenters. The van der Waals surface area contributed by atoms with Crippen LogP contribution in [0.5, 0.6) is 0 Å². The molecule has 0 aliphatic rings. The number of aliphatic carboxylic acids is 2. The minimum Gasteiger partial charge on any atom is -0.481 e. The van der Waals surface area contributed by atoms with Crippen LogP contribution in [0.2, 0.25) is 0 Å². The highest BCUT2D eigenvalue weighted by Gasteiger charge is 2.23. The van der Waals surface area contributed by atoms with Crippen LogP contribution < -0.4 is 5.32 Å². The number of rotatable bonds is 8. The maximum Gasteiger partial charge on any atom is 0.317 e. The van der Waals surface area contributed by atoms with Gasteiger partial charge in [-0.2, -0.15) is 0 Å². The van der Waals surface area contributed by atoms with Gasteiger partial charge in [-0.05, 0) is 19.1 Å². The molecule has 7 heteroatoms. The summed E-state index contributed by atoms with van der Waals surface area (Å²) in [4.78, 5) is 34.8. The standard InChI is InChI=1S/C14H18N2O5/c1-10(14(21)15-11-5-3-2-4-6-11)16(9-13(19)20)8-7-12(17)18/h2-6,10H,7-9H2,1H3,(H,15,21)(H,17,18)(H,19,20). The van der Waals surface area contributed by atoms with Crippen LogP contribution in [0.25, 0.3) is 0 Å². The molecule has 0 aliphatic carbocycles. The fraction of sp³-hybridized carbons (Fsp3) is 0.357. The van der Waals surface area contributed by atoms with Gasteiger partial charge in [0.05, 0.1) is 19.0 Å². The van der Waals surface area contributed by atoms with Crippen molar-refractivity contribution in [1.29, 1.82) is 0 Å². The molecule has 3 N–H and O–H groups in total. The molecule has 1 atom stereocenters. The van der Waals surface area contributed by atoms with Gasteiger partial charge in [0.25, 0.3) is 0 Å². The zero-order valence-electron chi connectivity index (χ0n) is 11.7. The van der Waals surface area contributed by atoms with Gasteiger partial charge in [0.1, 0.15) is 0 Å². The fourth-order valence-corrected chi connectivity index (χ4v) is 1.76. The number of anilines is 1. The van der Waals surface area contributed by atoms with Crippen LogP contribution in [-0.2, 0) is 14.4 Å². The van der Waals surface area contributed by atoms with Crippen LogP contribution in [-0.4, -0.2) is 52.1 Å². The molecule has 0 spiro atoms. The number of carboxylic acids is 2. The van der Waals surface area contributed by atoms with E-state index in [1.807, 2.05) is 6.07 Å². The number of nitrogens with zero attached hydrogens (tertiary/aromatic N) is 1. The zero-order chi connectivity index (χ0) is 15.8. The molecule has 114 valence electrons. The number of para-hydroxylation sites is 1. The second-order valence-corrected chi connectivity index (χ2v) is 4.54. The monoisotopic (exact) mass is 294 g/mol. The van der Waals surface area contributed by atoms with Crippen molar-refractivity contribution in [1.82, 2.24) is 4.90 Å². The Kier molecular flexibility index (Phi) is 6.35. The lowest BCUT2D eigenvalue weighted by molar-refractivity contribution is -0.142. The summed E-state index contributed by atoms with van der Waals surface area (Å²) in [6, 6.07) is 8.01. The van der Waals surface area contributed by atoms with Crippen LogP contribution in [0.4, 0.5) is 5.69 Å². The van der Waals surface area contributed by atoms with Crippen molar-refractivity contribution >= 4 is 23.5 Å². The third kappa shape index (κ3) is 6.05. The van der Waals surface area contributed by atoms with Gasteiger partial charge in [0.2, 0.25) is 5.91 Å². The second kappa shape index (κ2) is 8.01. The molecule has 0 aromatic heterocycles. The molecule has 0 fully saturated rings. The van der Waals surface area contributed by atoms with E-state index >= 15 is 0 Å². The van der Waals surface area contributed by atoms with E-state index in [2.05, 4.69) is 5.32 Å². The number of carbonyl (C=O) groups excluding carboxylic acids is 1. The van der Waals surface area contributed by atoms with E-state index in [0.717, 1.165) is 0 Å². The third-order valence-corrected chi connectivity index (χ3v) is 2.92. The van der Waals surface area contributed by atoms with Crippen LogP contribution in [0.15, 0.2) is 30.3 Å². The van der Waals surface area contributed by atoms with Gasteiger partial charge in [-0.3, -0.25) is 19.3 Å². The summed E-state index contributed by atoms with van der Waals surface area (Å²) in [5, 5.41) is 20.2. The largest absolute Gasteiger partial charge is 0.481 e. The summed E-state index contributed by atoms with van der Waals surface area (Å²) in [5.74, 6) is -2.53. The highest BCUT2D eigenvalue weighted by atomic mass is 16.4. The van der Waals surface area contributed by atoms with Gasteiger partial charge < -0.3 is 15.5 Å². The van der Waals surface area contributed by atoms with E-state index in [1.54, 1.807) is 31.2 Å². The highest BCUT2D eigenvalue weighted by Crippen LogP contribution is 2.08. The van der Waals surface area contributed by atoms with Crippen LogP contribution >= 0.6 is 0 Å². The normalized spacial score (nSPS) is 11.9. The Labute approximate surface area is 122 Å². The quantitative estimate of drug-likeness (QED) is 0.657. The number of carboxylic acid groups (broad SMARTS) is 2. The van der Waals surface area contributed by atoms with Crippen molar-refractivity contribution < 1.29 is 24.6 Å². The number of carbonyl (C=O) groups is 3. The Morgan fingerprint density at radius 3 is 2.29 bits per heavy atom. The Morgan fingerprint density at radius 1 is 1.14 bits per heavy atom. The van der Waals surface area contributed by atoms with E-state index in [-0.39, 0.29) is 18.9 Å². The van der Waals surface area contributed by atoms with E-state index in [4.69, 9.17) is 10.2 Å². The first-order valence-corrected chi connectivity index (χ1v) is 6.43. The molecule has 1 aromatic carbocycles. The van der Waals surface area contributed by atoms with Gasteiger partial charge in [0.15, 0.2) is 0 Å². The fourth-order valence-electron chi connectivity index (χ4n) is 1.76. The minimum atomic E-state index is -1.11. The van der Waals surface area contributed by atoms with Crippen LogP contribution in [0.3, 0.4) is 0 Å². The molecule has 1 amide bonds. The lowest BCUT2D eigenvalue weighted by atomic mass is 10.2. The van der Waals surface area contributed by atoms with Gasteiger partial charge in [-0.15, -0.1) is 0 Å². The van der Waals surface area contributed by atoms with Crippen molar-refractivity contribution in [2.24, 2.45) is 0 Å². The first-order chi connectivity index (χ1) is 9.90. The Balaban J connectivity index is 2.68. The molecule has 0 heterocycles. The van der Waals surface area contributed by atoms with Crippen molar-refractivity contribution in [3.63, 3.8) is 0 Å². The molecule has 0 saturated carbocycles. The molecule has 0 bridgehead atoms. The topological polar surface area (TPSA) is 107 Å².